The third-order valence-corrected chi connectivity index (χ3v) is 16.7. The van der Waals surface area contributed by atoms with Crippen LogP contribution in [0, 0.1) is 0 Å². The summed E-state index contributed by atoms with van der Waals surface area (Å²) in [4.78, 5) is 0. The van der Waals surface area contributed by atoms with E-state index in [4.69, 9.17) is 0 Å². The van der Waals surface area contributed by atoms with Crippen LogP contribution in [-0.4, -0.2) is 17.6 Å². The van der Waals surface area contributed by atoms with Crippen molar-refractivity contribution >= 4 is 22.8 Å². The molecule has 0 aliphatic heterocycles. The fourth-order valence-electron chi connectivity index (χ4n) is 7.13. The van der Waals surface area contributed by atoms with Crippen LogP contribution in [0.2, 0.25) is 25.7 Å². The van der Waals surface area contributed by atoms with Gasteiger partial charge in [0.2, 0.25) is 0 Å². The van der Waals surface area contributed by atoms with Crippen LogP contribution in [0.3, 0.4) is 0 Å². The molecule has 0 saturated heterocycles. The maximum Gasteiger partial charge on any atom is 0.0814 e. The first kappa shape index (κ1) is 27.7. The van der Waals surface area contributed by atoms with Crippen LogP contribution in [0.5, 0.6) is 0 Å². The summed E-state index contributed by atoms with van der Waals surface area (Å²) < 4.78 is 0. The Kier molecular flexibility index (Phi) is 9.70. The van der Waals surface area contributed by atoms with Crippen LogP contribution in [0.4, 0.5) is 0 Å². The van der Waals surface area contributed by atoms with E-state index in [1.165, 1.54) is 32.1 Å². The quantitative estimate of drug-likeness (QED) is 0.398. The molecule has 0 radical (unpaired) electrons. The van der Waals surface area contributed by atoms with Crippen LogP contribution >= 0.6 is 0 Å². The van der Waals surface area contributed by atoms with Crippen molar-refractivity contribution in [2.45, 2.75) is 141 Å². The van der Waals surface area contributed by atoms with Gasteiger partial charge in [0, 0.05) is 0 Å². The molecule has 1 saturated carbocycles. The van der Waals surface area contributed by atoms with E-state index in [1.54, 1.807) is 5.19 Å². The molecule has 1 aliphatic rings. The minimum Gasteiger partial charge on any atom is -0.0633 e. The largest absolute Gasteiger partial charge is 0.0814 e. The van der Waals surface area contributed by atoms with Crippen molar-refractivity contribution in [3.8, 4) is 0 Å². The van der Waals surface area contributed by atoms with Crippen molar-refractivity contribution in [2.24, 2.45) is 0 Å². The Morgan fingerprint density at radius 1 is 0.567 bits per heavy atom. The SMILES string of the molecule is CC(C)(C)[SiH](C1CCCCC1)C(C)(C)C.CC(C)(C)[SiH](c1ccccc1)C(C)(C)C. The molecule has 1 aliphatic carbocycles. The summed E-state index contributed by atoms with van der Waals surface area (Å²) in [6, 6.07) is 11.1. The molecule has 2 rings (SSSR count). The first-order chi connectivity index (χ1) is 13.5. The molecule has 0 spiro atoms. The normalized spacial score (nSPS) is 17.1. The lowest BCUT2D eigenvalue weighted by atomic mass is 10.00. The van der Waals surface area contributed by atoms with E-state index in [2.05, 4.69) is 113 Å². The van der Waals surface area contributed by atoms with Crippen molar-refractivity contribution in [1.82, 2.24) is 0 Å². The van der Waals surface area contributed by atoms with E-state index in [0.717, 1.165) is 5.54 Å². The minimum atomic E-state index is -0.969. The summed E-state index contributed by atoms with van der Waals surface area (Å²) in [5.41, 5.74) is 1.11. The zero-order valence-corrected chi connectivity index (χ0v) is 25.0. The van der Waals surface area contributed by atoms with E-state index in [9.17, 15) is 0 Å². The van der Waals surface area contributed by atoms with Gasteiger partial charge in [0.1, 0.15) is 0 Å². The van der Waals surface area contributed by atoms with Gasteiger partial charge in [0.15, 0.2) is 0 Å². The van der Waals surface area contributed by atoms with E-state index < -0.39 is 17.6 Å². The van der Waals surface area contributed by atoms with E-state index in [0.29, 0.717) is 20.2 Å². The van der Waals surface area contributed by atoms with Gasteiger partial charge in [-0.1, -0.05) is 151 Å². The average Bonchev–Trinajstić information content (AvgIpc) is 2.52. The predicted octanol–water partition coefficient (Wildman–Crippen LogP) is 8.87. The smallest absolute Gasteiger partial charge is 0.0633 e. The molecular formula is C28H54Si2. The van der Waals surface area contributed by atoms with E-state index in [-0.39, 0.29) is 0 Å². The van der Waals surface area contributed by atoms with Crippen LogP contribution in [0.1, 0.15) is 115 Å². The number of benzene rings is 1. The molecule has 0 aromatic heterocycles. The van der Waals surface area contributed by atoms with Crippen molar-refractivity contribution in [1.29, 1.82) is 0 Å². The Labute approximate surface area is 193 Å². The molecule has 1 fully saturated rings. The molecule has 0 atom stereocenters. The van der Waals surface area contributed by atoms with Gasteiger partial charge in [-0.25, -0.2) is 0 Å². The van der Waals surface area contributed by atoms with Gasteiger partial charge < -0.3 is 0 Å². The summed E-state index contributed by atoms with van der Waals surface area (Å²) in [6.07, 6.45) is 7.56. The fraction of sp³-hybridized carbons (Fsp3) is 0.786. The lowest BCUT2D eigenvalue weighted by molar-refractivity contribution is 0.469. The first-order valence-corrected chi connectivity index (χ1v) is 16.1. The van der Waals surface area contributed by atoms with Crippen molar-refractivity contribution in [2.75, 3.05) is 0 Å². The van der Waals surface area contributed by atoms with Crippen molar-refractivity contribution in [3.05, 3.63) is 30.3 Å². The topological polar surface area (TPSA) is 0 Å². The summed E-state index contributed by atoms with van der Waals surface area (Å²) >= 11 is 0. The summed E-state index contributed by atoms with van der Waals surface area (Å²) in [5, 5.41) is 3.68. The maximum atomic E-state index is 2.49. The lowest BCUT2D eigenvalue weighted by Gasteiger charge is -2.46. The summed E-state index contributed by atoms with van der Waals surface area (Å²) in [7, 11) is -1.66. The van der Waals surface area contributed by atoms with Gasteiger partial charge in [0.05, 0.1) is 17.6 Å². The Bertz CT molecular complexity index is 571. The fourth-order valence-corrected chi connectivity index (χ4v) is 18.9. The standard InChI is InChI=1S/C14H30Si.C14H24Si/c2*1-13(2,3)15(14(4,5)6)12-10-8-7-9-11-12/h12,15H,7-11H2,1-6H3;7-11,15H,1-6H3. The van der Waals surface area contributed by atoms with E-state index >= 15 is 0 Å². The molecule has 0 heterocycles. The van der Waals surface area contributed by atoms with Gasteiger partial charge in [0.25, 0.3) is 0 Å². The van der Waals surface area contributed by atoms with Crippen LogP contribution in [0.25, 0.3) is 0 Å². The highest BCUT2D eigenvalue weighted by Crippen LogP contribution is 2.51. The molecule has 30 heavy (non-hydrogen) atoms. The maximum absolute atomic E-state index is 2.49. The highest BCUT2D eigenvalue weighted by atomic mass is 28.3. The molecule has 1 aromatic rings. The van der Waals surface area contributed by atoms with Gasteiger partial charge in [-0.3, -0.25) is 0 Å². The minimum absolute atomic E-state index is 0.444. The Morgan fingerprint density at radius 3 is 1.30 bits per heavy atom. The highest BCUT2D eigenvalue weighted by molar-refractivity contribution is 6.78. The Hall–Kier alpha value is -0.346. The third-order valence-electron chi connectivity index (χ3n) is 6.85. The molecule has 0 bridgehead atoms. The zero-order valence-electron chi connectivity index (χ0n) is 22.7. The summed E-state index contributed by atoms with van der Waals surface area (Å²) in [6.45, 7) is 29.3. The molecule has 0 amide bonds. The van der Waals surface area contributed by atoms with Crippen molar-refractivity contribution in [3.63, 3.8) is 0 Å². The second kappa shape index (κ2) is 10.5. The second-order valence-electron chi connectivity index (χ2n) is 14.2. The zero-order chi connectivity index (χ0) is 23.4. The highest BCUT2D eigenvalue weighted by Gasteiger charge is 2.41. The first-order valence-electron chi connectivity index (χ1n) is 12.5. The number of hydrogen-bond donors (Lipinski definition) is 0. The number of hydrogen-bond acceptors (Lipinski definition) is 0. The molecule has 174 valence electrons. The van der Waals surface area contributed by atoms with Crippen LogP contribution in [0.15, 0.2) is 30.3 Å². The van der Waals surface area contributed by atoms with Gasteiger partial charge in [-0.05, 0) is 25.7 Å². The van der Waals surface area contributed by atoms with Crippen molar-refractivity contribution < 1.29 is 0 Å². The molecule has 0 N–H and O–H groups in total. The van der Waals surface area contributed by atoms with Gasteiger partial charge >= 0.3 is 0 Å². The van der Waals surface area contributed by atoms with Crippen LogP contribution in [-0.2, 0) is 0 Å². The Morgan fingerprint density at radius 2 is 0.967 bits per heavy atom. The number of rotatable bonds is 2. The van der Waals surface area contributed by atoms with Gasteiger partial charge in [-0.15, -0.1) is 0 Å². The predicted molar refractivity (Wildman–Crippen MR) is 146 cm³/mol. The van der Waals surface area contributed by atoms with Crippen LogP contribution < -0.4 is 5.19 Å². The van der Waals surface area contributed by atoms with E-state index in [1.807, 2.05) is 0 Å². The molecule has 0 nitrogen and oxygen atoms in total. The lowest BCUT2D eigenvalue weighted by Crippen LogP contribution is -2.45. The second-order valence-corrected chi connectivity index (χ2v) is 24.5. The molecule has 1 aromatic carbocycles. The molecule has 0 unspecified atom stereocenters. The summed E-state index contributed by atoms with van der Waals surface area (Å²) in [5.74, 6) is 0. The molecule has 2 heteroatoms. The van der Waals surface area contributed by atoms with Gasteiger partial charge in [-0.2, -0.15) is 0 Å². The monoisotopic (exact) mass is 446 g/mol. The Balaban J connectivity index is 0.000000300. The third kappa shape index (κ3) is 8.65. The average molecular weight is 447 g/mol. The molecular weight excluding hydrogens is 392 g/mol.